The standard InChI is InChI=1S/C18H20N2O/c19-10-11-2-1-3-16(9-11)20-18(21)17-14-5-12-4-13(7-14)8-15(17)6-12/h1-3,9,12-15,17H,4-8H2,(H,20,21). The number of carbonyl (C=O) groups is 1. The summed E-state index contributed by atoms with van der Waals surface area (Å²) in [6.45, 7) is 0. The fourth-order valence-electron chi connectivity index (χ4n) is 5.25. The molecule has 3 heteroatoms. The lowest BCUT2D eigenvalue weighted by molar-refractivity contribution is -0.132. The second kappa shape index (κ2) is 4.87. The first-order valence-electron chi connectivity index (χ1n) is 8.04. The highest BCUT2D eigenvalue weighted by atomic mass is 16.1. The van der Waals surface area contributed by atoms with Crippen molar-refractivity contribution in [1.29, 1.82) is 5.26 Å². The maximum absolute atomic E-state index is 12.7. The van der Waals surface area contributed by atoms with Gasteiger partial charge in [-0.05, 0) is 74.0 Å². The summed E-state index contributed by atoms with van der Waals surface area (Å²) in [6, 6.07) is 9.33. The summed E-state index contributed by atoms with van der Waals surface area (Å²) >= 11 is 0. The Morgan fingerprint density at radius 1 is 1.10 bits per heavy atom. The Hall–Kier alpha value is -1.82. The molecule has 4 fully saturated rings. The molecule has 0 aromatic heterocycles. The molecule has 21 heavy (non-hydrogen) atoms. The van der Waals surface area contributed by atoms with E-state index in [9.17, 15) is 4.79 Å². The number of nitrogens with one attached hydrogen (secondary N) is 1. The maximum Gasteiger partial charge on any atom is 0.228 e. The van der Waals surface area contributed by atoms with Gasteiger partial charge in [0.1, 0.15) is 0 Å². The summed E-state index contributed by atoms with van der Waals surface area (Å²) in [5.41, 5.74) is 1.35. The van der Waals surface area contributed by atoms with Crippen LogP contribution in [0.15, 0.2) is 24.3 Å². The van der Waals surface area contributed by atoms with Crippen LogP contribution in [0.3, 0.4) is 0 Å². The summed E-state index contributed by atoms with van der Waals surface area (Å²) in [5.74, 6) is 3.35. The molecule has 0 atom stereocenters. The molecule has 0 aliphatic heterocycles. The van der Waals surface area contributed by atoms with E-state index < -0.39 is 0 Å². The number of hydrogen-bond donors (Lipinski definition) is 1. The van der Waals surface area contributed by atoms with Crippen molar-refractivity contribution in [1.82, 2.24) is 0 Å². The molecule has 1 N–H and O–H groups in total. The Balaban J connectivity index is 1.51. The lowest BCUT2D eigenvalue weighted by Gasteiger charge is -2.53. The number of carbonyl (C=O) groups excluding carboxylic acids is 1. The van der Waals surface area contributed by atoms with Crippen LogP contribution in [0.25, 0.3) is 0 Å². The molecular formula is C18H20N2O. The van der Waals surface area contributed by atoms with Gasteiger partial charge in [-0.3, -0.25) is 4.79 Å². The highest BCUT2D eigenvalue weighted by Gasteiger charge is 2.50. The molecule has 1 aromatic carbocycles. The first-order valence-corrected chi connectivity index (χ1v) is 8.04. The smallest absolute Gasteiger partial charge is 0.228 e. The van der Waals surface area contributed by atoms with Gasteiger partial charge in [0, 0.05) is 11.6 Å². The van der Waals surface area contributed by atoms with Crippen LogP contribution in [0.1, 0.15) is 37.7 Å². The minimum atomic E-state index is 0.180. The average molecular weight is 280 g/mol. The topological polar surface area (TPSA) is 52.9 Å². The first kappa shape index (κ1) is 12.9. The van der Waals surface area contributed by atoms with E-state index in [0.29, 0.717) is 17.4 Å². The number of hydrogen-bond acceptors (Lipinski definition) is 2. The second-order valence-electron chi connectivity index (χ2n) is 7.14. The summed E-state index contributed by atoms with van der Waals surface area (Å²) < 4.78 is 0. The molecule has 0 spiro atoms. The minimum absolute atomic E-state index is 0.180. The third-order valence-electron chi connectivity index (χ3n) is 5.79. The van der Waals surface area contributed by atoms with Gasteiger partial charge in [-0.25, -0.2) is 0 Å². The molecule has 1 amide bonds. The zero-order chi connectivity index (χ0) is 14.4. The van der Waals surface area contributed by atoms with Gasteiger partial charge in [-0.2, -0.15) is 5.26 Å². The summed E-state index contributed by atoms with van der Waals surface area (Å²) in [6.07, 6.45) is 6.42. The van der Waals surface area contributed by atoms with E-state index in [-0.39, 0.29) is 11.8 Å². The van der Waals surface area contributed by atoms with Crippen molar-refractivity contribution >= 4 is 11.6 Å². The molecule has 1 aromatic rings. The average Bonchev–Trinajstić information content (AvgIpc) is 2.46. The van der Waals surface area contributed by atoms with Gasteiger partial charge >= 0.3 is 0 Å². The van der Waals surface area contributed by atoms with Crippen LogP contribution < -0.4 is 5.32 Å². The fourth-order valence-corrected chi connectivity index (χ4v) is 5.25. The molecule has 0 saturated heterocycles. The quantitative estimate of drug-likeness (QED) is 0.900. The zero-order valence-electron chi connectivity index (χ0n) is 12.1. The van der Waals surface area contributed by atoms with Gasteiger partial charge in [0.05, 0.1) is 11.6 Å². The largest absolute Gasteiger partial charge is 0.326 e. The minimum Gasteiger partial charge on any atom is -0.326 e. The molecule has 0 radical (unpaired) electrons. The fraction of sp³-hybridized carbons (Fsp3) is 0.556. The molecule has 4 aliphatic rings. The van der Waals surface area contributed by atoms with Gasteiger partial charge in [0.15, 0.2) is 0 Å². The van der Waals surface area contributed by atoms with E-state index in [2.05, 4.69) is 11.4 Å². The van der Waals surface area contributed by atoms with E-state index >= 15 is 0 Å². The van der Waals surface area contributed by atoms with Crippen molar-refractivity contribution in [3.63, 3.8) is 0 Å². The van der Waals surface area contributed by atoms with E-state index in [1.165, 1.54) is 32.1 Å². The Bertz CT molecular complexity index is 588. The molecule has 4 bridgehead atoms. The molecule has 5 rings (SSSR count). The molecule has 0 heterocycles. The Labute approximate surface area is 125 Å². The van der Waals surface area contributed by atoms with Gasteiger partial charge in [0.25, 0.3) is 0 Å². The molecule has 4 aliphatic carbocycles. The van der Waals surface area contributed by atoms with E-state index in [0.717, 1.165) is 17.5 Å². The highest BCUT2D eigenvalue weighted by molar-refractivity contribution is 5.93. The van der Waals surface area contributed by atoms with Crippen LogP contribution in [0, 0.1) is 40.9 Å². The number of amides is 1. The maximum atomic E-state index is 12.7. The number of rotatable bonds is 2. The van der Waals surface area contributed by atoms with Crippen molar-refractivity contribution in [3.8, 4) is 6.07 Å². The lowest BCUT2D eigenvalue weighted by atomic mass is 9.51. The highest BCUT2D eigenvalue weighted by Crippen LogP contribution is 2.56. The van der Waals surface area contributed by atoms with E-state index in [1.807, 2.05) is 12.1 Å². The van der Waals surface area contributed by atoms with Crippen molar-refractivity contribution in [2.75, 3.05) is 5.32 Å². The predicted octanol–water partition coefficient (Wildman–Crippen LogP) is 3.57. The van der Waals surface area contributed by atoms with Crippen LogP contribution in [0.2, 0.25) is 0 Å². The van der Waals surface area contributed by atoms with Crippen LogP contribution >= 0.6 is 0 Å². The summed E-state index contributed by atoms with van der Waals surface area (Å²) in [4.78, 5) is 12.7. The van der Waals surface area contributed by atoms with Crippen molar-refractivity contribution in [3.05, 3.63) is 29.8 Å². The third kappa shape index (κ3) is 2.23. The van der Waals surface area contributed by atoms with Crippen molar-refractivity contribution in [2.24, 2.45) is 29.6 Å². The number of nitriles is 1. The number of benzene rings is 1. The Morgan fingerprint density at radius 3 is 2.38 bits per heavy atom. The van der Waals surface area contributed by atoms with Gasteiger partial charge < -0.3 is 5.32 Å². The summed E-state index contributed by atoms with van der Waals surface area (Å²) in [7, 11) is 0. The number of anilines is 1. The van der Waals surface area contributed by atoms with Crippen molar-refractivity contribution < 1.29 is 4.79 Å². The SMILES string of the molecule is N#Cc1cccc(NC(=O)C2C3CC4CC(C3)CC2C4)c1. The molecule has 0 unspecified atom stereocenters. The first-order chi connectivity index (χ1) is 10.2. The molecular weight excluding hydrogens is 260 g/mol. The van der Waals surface area contributed by atoms with Gasteiger partial charge in [0.2, 0.25) is 5.91 Å². The van der Waals surface area contributed by atoms with Crippen LogP contribution in [-0.2, 0) is 4.79 Å². The van der Waals surface area contributed by atoms with Crippen LogP contribution in [0.4, 0.5) is 5.69 Å². The normalized spacial score (nSPS) is 36.2. The Morgan fingerprint density at radius 2 is 1.76 bits per heavy atom. The van der Waals surface area contributed by atoms with Gasteiger partial charge in [-0.15, -0.1) is 0 Å². The third-order valence-corrected chi connectivity index (χ3v) is 5.79. The van der Waals surface area contributed by atoms with E-state index in [4.69, 9.17) is 5.26 Å². The second-order valence-corrected chi connectivity index (χ2v) is 7.14. The van der Waals surface area contributed by atoms with Crippen LogP contribution in [0.5, 0.6) is 0 Å². The summed E-state index contributed by atoms with van der Waals surface area (Å²) in [5, 5.41) is 12.0. The molecule has 4 saturated carbocycles. The monoisotopic (exact) mass is 280 g/mol. The van der Waals surface area contributed by atoms with E-state index in [1.54, 1.807) is 12.1 Å². The van der Waals surface area contributed by atoms with Crippen LogP contribution in [-0.4, -0.2) is 5.91 Å². The lowest BCUT2D eigenvalue weighted by Crippen LogP contribution is -2.49. The number of nitrogens with zero attached hydrogens (tertiary/aromatic N) is 1. The van der Waals surface area contributed by atoms with Crippen molar-refractivity contribution in [2.45, 2.75) is 32.1 Å². The zero-order valence-corrected chi connectivity index (χ0v) is 12.1. The Kier molecular flexibility index (Phi) is 2.99. The van der Waals surface area contributed by atoms with Gasteiger partial charge in [-0.1, -0.05) is 6.07 Å². The molecule has 108 valence electrons. The predicted molar refractivity (Wildman–Crippen MR) is 80.3 cm³/mol. The molecule has 3 nitrogen and oxygen atoms in total.